The van der Waals surface area contributed by atoms with Gasteiger partial charge in [0, 0.05) is 28.6 Å². The van der Waals surface area contributed by atoms with Gasteiger partial charge < -0.3 is 21.4 Å². The molecule has 0 aliphatic heterocycles. The van der Waals surface area contributed by atoms with Crippen molar-refractivity contribution in [1.82, 2.24) is 19.9 Å². The van der Waals surface area contributed by atoms with E-state index in [1.165, 1.54) is 30.5 Å². The second-order valence-electron chi connectivity index (χ2n) is 8.76. The Morgan fingerprint density at radius 2 is 1.69 bits per heavy atom. The summed E-state index contributed by atoms with van der Waals surface area (Å²) < 4.78 is 15.0. The fourth-order valence-corrected chi connectivity index (χ4v) is 3.57. The van der Waals surface area contributed by atoms with Crippen molar-refractivity contribution >= 4 is 46.6 Å². The van der Waals surface area contributed by atoms with Gasteiger partial charge in [-0.3, -0.25) is 0 Å². The lowest BCUT2D eigenvalue weighted by Gasteiger charge is -2.14. The topological polar surface area (TPSA) is 122 Å². The Morgan fingerprint density at radius 3 is 2.34 bits per heavy atom. The van der Waals surface area contributed by atoms with Crippen LogP contribution in [-0.4, -0.2) is 26.0 Å². The van der Waals surface area contributed by atoms with Crippen LogP contribution < -0.4 is 16.4 Å². The number of aromatic nitrogens is 4. The largest absolute Gasteiger partial charge is 0.368 e. The van der Waals surface area contributed by atoms with Gasteiger partial charge >= 0.3 is 6.03 Å². The molecule has 0 fully saturated rings. The molecule has 2 aromatic heterocycles. The molecule has 4 aromatic rings. The minimum Gasteiger partial charge on any atom is -0.368 e. The van der Waals surface area contributed by atoms with Crippen LogP contribution in [0.1, 0.15) is 26.6 Å². The number of halogens is 3. The number of urea groups is 1. The standard InChI is InChI=1S/C24H22Cl2FN7O/c1-24(2,3)21-33-19(20(34-21)18-8-9-29-22(28)32-18)14-10-12(5-7-17(14)27)30-23(35)31-13-4-6-15(25)16(26)11-13/h4-11H,1-3H3,(H,33,34)(H2,28,29,32)(H2,30,31,35). The number of rotatable bonds is 4. The summed E-state index contributed by atoms with van der Waals surface area (Å²) in [5, 5.41) is 6.03. The monoisotopic (exact) mass is 513 g/mol. The number of carbonyl (C=O) groups is 1. The smallest absolute Gasteiger partial charge is 0.323 e. The fourth-order valence-electron chi connectivity index (χ4n) is 3.27. The van der Waals surface area contributed by atoms with Gasteiger partial charge in [0.15, 0.2) is 0 Å². The van der Waals surface area contributed by atoms with E-state index in [9.17, 15) is 4.79 Å². The highest BCUT2D eigenvalue weighted by Gasteiger charge is 2.25. The van der Waals surface area contributed by atoms with Crippen LogP contribution >= 0.6 is 23.2 Å². The Kier molecular flexibility index (Phi) is 6.64. The number of nitrogens with zero attached hydrogens (tertiary/aromatic N) is 3. The van der Waals surface area contributed by atoms with Gasteiger partial charge in [0.25, 0.3) is 0 Å². The summed E-state index contributed by atoms with van der Waals surface area (Å²) in [5.41, 5.74) is 7.68. The molecule has 2 heterocycles. The molecule has 35 heavy (non-hydrogen) atoms. The molecule has 0 saturated carbocycles. The minimum atomic E-state index is -0.540. The van der Waals surface area contributed by atoms with E-state index >= 15 is 4.39 Å². The molecule has 0 atom stereocenters. The molecule has 11 heteroatoms. The van der Waals surface area contributed by atoms with Gasteiger partial charge in [-0.05, 0) is 42.5 Å². The Balaban J connectivity index is 1.69. The third-order valence-electron chi connectivity index (χ3n) is 5.00. The summed E-state index contributed by atoms with van der Waals surface area (Å²) in [6.45, 7) is 5.94. The highest BCUT2D eigenvalue weighted by Crippen LogP contribution is 2.35. The number of anilines is 3. The van der Waals surface area contributed by atoms with E-state index in [1.54, 1.807) is 18.2 Å². The van der Waals surface area contributed by atoms with Crippen LogP contribution in [-0.2, 0) is 5.41 Å². The molecule has 2 aromatic carbocycles. The molecule has 8 nitrogen and oxygen atoms in total. The third-order valence-corrected chi connectivity index (χ3v) is 5.74. The highest BCUT2D eigenvalue weighted by molar-refractivity contribution is 6.42. The number of aromatic amines is 1. The average molecular weight is 514 g/mol. The maximum Gasteiger partial charge on any atom is 0.323 e. The van der Waals surface area contributed by atoms with Crippen LogP contribution in [0.15, 0.2) is 48.7 Å². The zero-order valence-corrected chi connectivity index (χ0v) is 20.6. The van der Waals surface area contributed by atoms with Crippen LogP contribution in [0.2, 0.25) is 10.0 Å². The van der Waals surface area contributed by atoms with E-state index in [2.05, 4.69) is 30.6 Å². The number of carbonyl (C=O) groups excluding carboxylic acids is 1. The van der Waals surface area contributed by atoms with Crippen molar-refractivity contribution in [3.8, 4) is 22.6 Å². The second kappa shape index (κ2) is 9.52. The fraction of sp³-hybridized carbons (Fsp3) is 0.167. The summed E-state index contributed by atoms with van der Waals surface area (Å²) in [6, 6.07) is 10.0. The first kappa shape index (κ1) is 24.4. The van der Waals surface area contributed by atoms with E-state index in [-0.39, 0.29) is 16.9 Å². The van der Waals surface area contributed by atoms with E-state index < -0.39 is 11.8 Å². The number of hydrogen-bond donors (Lipinski definition) is 4. The zero-order chi connectivity index (χ0) is 25.3. The number of H-pyrrole nitrogens is 1. The zero-order valence-electron chi connectivity index (χ0n) is 19.1. The SMILES string of the molecule is CC(C)(C)c1nc(-c2cc(NC(=O)Nc3ccc(Cl)c(Cl)c3)ccc2F)c(-c2ccnc(N)n2)[nH]1. The number of nitrogen functional groups attached to an aromatic ring is 1. The highest BCUT2D eigenvalue weighted by atomic mass is 35.5. The van der Waals surface area contributed by atoms with E-state index in [0.717, 1.165) is 0 Å². The van der Waals surface area contributed by atoms with Crippen molar-refractivity contribution in [3.05, 3.63) is 70.3 Å². The first-order valence-corrected chi connectivity index (χ1v) is 11.3. The number of nitrogens with two attached hydrogens (primary N) is 1. The summed E-state index contributed by atoms with van der Waals surface area (Å²) in [5.74, 6) is 0.195. The first-order chi connectivity index (χ1) is 16.5. The van der Waals surface area contributed by atoms with Gasteiger partial charge in [0.2, 0.25) is 5.95 Å². The Hall–Kier alpha value is -3.69. The van der Waals surface area contributed by atoms with Crippen molar-refractivity contribution in [2.75, 3.05) is 16.4 Å². The summed E-state index contributed by atoms with van der Waals surface area (Å²) >= 11 is 11.9. The maximum absolute atomic E-state index is 15.0. The minimum absolute atomic E-state index is 0.0789. The number of benzene rings is 2. The van der Waals surface area contributed by atoms with Crippen molar-refractivity contribution in [2.45, 2.75) is 26.2 Å². The molecule has 2 amide bonds. The normalized spacial score (nSPS) is 11.4. The van der Waals surface area contributed by atoms with E-state index in [0.29, 0.717) is 44.3 Å². The predicted octanol–water partition coefficient (Wildman–Crippen LogP) is 6.50. The molecular weight excluding hydrogens is 492 g/mol. The average Bonchev–Trinajstić information content (AvgIpc) is 3.23. The Labute approximate surface area is 211 Å². The molecular formula is C24H22Cl2FN7O. The van der Waals surface area contributed by atoms with Crippen LogP contribution in [0.4, 0.5) is 26.5 Å². The number of amides is 2. The van der Waals surface area contributed by atoms with E-state index in [4.69, 9.17) is 28.9 Å². The van der Waals surface area contributed by atoms with E-state index in [1.807, 2.05) is 20.8 Å². The Morgan fingerprint density at radius 1 is 1.00 bits per heavy atom. The maximum atomic E-state index is 15.0. The van der Waals surface area contributed by atoms with Crippen LogP contribution in [0.3, 0.4) is 0 Å². The molecule has 0 aliphatic carbocycles. The lowest BCUT2D eigenvalue weighted by Crippen LogP contribution is -2.19. The number of imidazole rings is 1. The summed E-state index contributed by atoms with van der Waals surface area (Å²) in [4.78, 5) is 28.6. The lowest BCUT2D eigenvalue weighted by molar-refractivity contribution is 0.262. The molecule has 0 saturated heterocycles. The van der Waals surface area contributed by atoms with Crippen LogP contribution in [0.25, 0.3) is 22.6 Å². The van der Waals surface area contributed by atoms with Gasteiger partial charge in [-0.2, -0.15) is 0 Å². The molecule has 0 bridgehead atoms. The van der Waals surface area contributed by atoms with Gasteiger partial charge in [-0.1, -0.05) is 44.0 Å². The number of nitrogens with one attached hydrogen (secondary N) is 3. The quantitative estimate of drug-likeness (QED) is 0.248. The van der Waals surface area contributed by atoms with Crippen molar-refractivity contribution in [1.29, 1.82) is 0 Å². The third kappa shape index (κ3) is 5.52. The molecule has 180 valence electrons. The van der Waals surface area contributed by atoms with Crippen LogP contribution in [0.5, 0.6) is 0 Å². The molecule has 0 aliphatic rings. The van der Waals surface area contributed by atoms with Crippen molar-refractivity contribution in [3.63, 3.8) is 0 Å². The molecule has 0 radical (unpaired) electrons. The van der Waals surface area contributed by atoms with Crippen molar-refractivity contribution in [2.24, 2.45) is 0 Å². The number of hydrogen-bond acceptors (Lipinski definition) is 5. The van der Waals surface area contributed by atoms with Gasteiger partial charge in [0.1, 0.15) is 17.3 Å². The predicted molar refractivity (Wildman–Crippen MR) is 137 cm³/mol. The lowest BCUT2D eigenvalue weighted by atomic mass is 9.96. The molecule has 4 rings (SSSR count). The van der Waals surface area contributed by atoms with Gasteiger partial charge in [-0.25, -0.2) is 24.1 Å². The first-order valence-electron chi connectivity index (χ1n) is 10.5. The van der Waals surface area contributed by atoms with Gasteiger partial charge in [0.05, 0.1) is 21.4 Å². The molecule has 0 spiro atoms. The second-order valence-corrected chi connectivity index (χ2v) is 9.58. The van der Waals surface area contributed by atoms with Gasteiger partial charge in [-0.15, -0.1) is 0 Å². The van der Waals surface area contributed by atoms with Crippen molar-refractivity contribution < 1.29 is 9.18 Å². The Bertz CT molecular complexity index is 1420. The molecule has 0 unspecified atom stereocenters. The summed E-state index contributed by atoms with van der Waals surface area (Å²) in [6.07, 6.45) is 1.51. The molecule has 5 N–H and O–H groups in total. The summed E-state index contributed by atoms with van der Waals surface area (Å²) in [7, 11) is 0. The van der Waals surface area contributed by atoms with Crippen LogP contribution in [0, 0.1) is 5.82 Å².